The number of H-pyrrole nitrogens is 1. The first-order chi connectivity index (χ1) is 9.29. The van der Waals surface area contributed by atoms with Gasteiger partial charge < -0.3 is 14.5 Å². The molecule has 2 rings (SSSR count). The van der Waals surface area contributed by atoms with Gasteiger partial charge in [-0.2, -0.15) is 13.2 Å². The third kappa shape index (κ3) is 2.19. The number of pyridine rings is 1. The number of nitrogens with one attached hydrogen (secondary N) is 1. The summed E-state index contributed by atoms with van der Waals surface area (Å²) in [6.45, 7) is 1.14. The second-order valence-corrected chi connectivity index (χ2v) is 4.20. The molecule has 4 nitrogen and oxygen atoms in total. The van der Waals surface area contributed by atoms with Crippen molar-refractivity contribution in [1.29, 1.82) is 0 Å². The molecule has 1 aromatic heterocycles. The minimum Gasteiger partial charge on any atom is -0.493 e. The smallest absolute Gasteiger partial charge is 0.431 e. The molecule has 0 saturated carbocycles. The number of aromatic nitrogens is 1. The van der Waals surface area contributed by atoms with Crippen molar-refractivity contribution in [1.82, 2.24) is 4.98 Å². The zero-order valence-electron chi connectivity index (χ0n) is 11.0. The van der Waals surface area contributed by atoms with Gasteiger partial charge in [0, 0.05) is 17.0 Å². The van der Waals surface area contributed by atoms with Gasteiger partial charge in [-0.25, -0.2) is 0 Å². The summed E-state index contributed by atoms with van der Waals surface area (Å²) in [5, 5.41) is 0.119. The van der Waals surface area contributed by atoms with Crippen LogP contribution >= 0.6 is 0 Å². The quantitative estimate of drug-likeness (QED) is 0.924. The fourth-order valence-corrected chi connectivity index (χ4v) is 2.00. The van der Waals surface area contributed by atoms with Crippen LogP contribution in [0.25, 0.3) is 10.9 Å². The summed E-state index contributed by atoms with van der Waals surface area (Å²) in [5.74, 6) is 0.525. The van der Waals surface area contributed by atoms with E-state index in [2.05, 4.69) is 4.98 Å². The molecule has 0 amide bonds. The third-order valence-corrected chi connectivity index (χ3v) is 3.03. The van der Waals surface area contributed by atoms with Crippen LogP contribution in [0.4, 0.5) is 13.2 Å². The van der Waals surface area contributed by atoms with Gasteiger partial charge in [0.2, 0.25) is 0 Å². The topological polar surface area (TPSA) is 51.3 Å². The lowest BCUT2D eigenvalue weighted by atomic mass is 10.1. The molecule has 2 aromatic rings. The van der Waals surface area contributed by atoms with Gasteiger partial charge in [0.1, 0.15) is 5.69 Å². The molecule has 108 valence electrons. The normalized spacial score (nSPS) is 11.7. The van der Waals surface area contributed by atoms with E-state index in [0.29, 0.717) is 0 Å². The maximum atomic E-state index is 12.9. The zero-order chi connectivity index (χ0) is 15.1. The van der Waals surface area contributed by atoms with E-state index in [0.717, 1.165) is 6.92 Å². The molecular weight excluding hydrogens is 275 g/mol. The first-order valence-electron chi connectivity index (χ1n) is 5.65. The third-order valence-electron chi connectivity index (χ3n) is 3.03. The number of aromatic amines is 1. The number of methoxy groups -OCH3 is 2. The monoisotopic (exact) mass is 287 g/mol. The summed E-state index contributed by atoms with van der Waals surface area (Å²) in [4.78, 5) is 14.3. The molecule has 0 unspecified atom stereocenters. The minimum atomic E-state index is -4.62. The van der Waals surface area contributed by atoms with E-state index in [1.54, 1.807) is 0 Å². The van der Waals surface area contributed by atoms with Crippen LogP contribution in [0.5, 0.6) is 11.5 Å². The lowest BCUT2D eigenvalue weighted by Gasteiger charge is -2.13. The van der Waals surface area contributed by atoms with Gasteiger partial charge in [-0.15, -0.1) is 0 Å². The Hall–Kier alpha value is -2.18. The molecular formula is C13H12F3NO3. The number of benzene rings is 1. The van der Waals surface area contributed by atoms with Gasteiger partial charge in [0.15, 0.2) is 16.9 Å². The number of alkyl halides is 3. The molecule has 1 N–H and O–H groups in total. The number of hydrogen-bond donors (Lipinski definition) is 1. The molecule has 7 heteroatoms. The minimum absolute atomic E-state index is 0.0468. The first kappa shape index (κ1) is 14.2. The van der Waals surface area contributed by atoms with Crippen molar-refractivity contribution >= 4 is 10.9 Å². The Morgan fingerprint density at radius 2 is 1.65 bits per heavy atom. The molecule has 0 atom stereocenters. The summed E-state index contributed by atoms with van der Waals surface area (Å²) in [7, 11) is 2.75. The second kappa shape index (κ2) is 4.73. The summed E-state index contributed by atoms with van der Waals surface area (Å²) >= 11 is 0. The highest BCUT2D eigenvalue weighted by atomic mass is 19.4. The maximum absolute atomic E-state index is 12.9. The predicted octanol–water partition coefficient (Wildman–Crippen LogP) is 2.87. The fraction of sp³-hybridized carbons (Fsp3) is 0.308. The predicted molar refractivity (Wildman–Crippen MR) is 67.4 cm³/mol. The van der Waals surface area contributed by atoms with Crippen LogP contribution in [0.1, 0.15) is 11.3 Å². The highest BCUT2D eigenvalue weighted by Crippen LogP contribution is 2.34. The summed E-state index contributed by atoms with van der Waals surface area (Å²) in [5.41, 5.74) is -2.07. The number of ether oxygens (including phenoxy) is 2. The van der Waals surface area contributed by atoms with Gasteiger partial charge in [-0.1, -0.05) is 0 Å². The van der Waals surface area contributed by atoms with E-state index in [9.17, 15) is 18.0 Å². The highest BCUT2D eigenvalue weighted by Gasteiger charge is 2.35. The van der Waals surface area contributed by atoms with E-state index >= 15 is 0 Å². The van der Waals surface area contributed by atoms with Crippen LogP contribution in [0, 0.1) is 6.92 Å². The average molecular weight is 287 g/mol. The molecule has 1 heterocycles. The van der Waals surface area contributed by atoms with Crippen molar-refractivity contribution < 1.29 is 22.6 Å². The van der Waals surface area contributed by atoms with E-state index in [1.807, 2.05) is 0 Å². The Kier molecular flexibility index (Phi) is 3.37. The van der Waals surface area contributed by atoms with Crippen molar-refractivity contribution in [3.05, 3.63) is 33.6 Å². The van der Waals surface area contributed by atoms with Crippen LogP contribution in [-0.4, -0.2) is 19.2 Å². The fourth-order valence-electron chi connectivity index (χ4n) is 2.00. The largest absolute Gasteiger partial charge is 0.493 e. The van der Waals surface area contributed by atoms with Gasteiger partial charge in [-0.3, -0.25) is 4.79 Å². The molecule has 0 spiro atoms. The van der Waals surface area contributed by atoms with Gasteiger partial charge in [-0.05, 0) is 13.0 Å². The van der Waals surface area contributed by atoms with Crippen molar-refractivity contribution in [2.45, 2.75) is 13.1 Å². The second-order valence-electron chi connectivity index (χ2n) is 4.20. The lowest BCUT2D eigenvalue weighted by molar-refractivity contribution is -0.141. The molecule has 0 aliphatic heterocycles. The number of fused-ring (bicyclic) bond motifs is 1. The Morgan fingerprint density at radius 3 is 2.15 bits per heavy atom. The number of rotatable bonds is 2. The van der Waals surface area contributed by atoms with Crippen molar-refractivity contribution in [2.24, 2.45) is 0 Å². The Bertz CT molecular complexity index is 719. The maximum Gasteiger partial charge on any atom is 0.431 e. The Morgan fingerprint density at radius 1 is 1.10 bits per heavy atom. The van der Waals surface area contributed by atoms with Crippen molar-refractivity contribution in [3.8, 4) is 11.5 Å². The number of halogens is 3. The molecule has 1 aromatic carbocycles. The van der Waals surface area contributed by atoms with Crippen LogP contribution in [0.15, 0.2) is 16.9 Å². The van der Waals surface area contributed by atoms with E-state index in [4.69, 9.17) is 9.47 Å². The SMILES string of the molecule is COc1cc2[nH]c(C(F)(F)F)c(C)c(=O)c2cc1OC. The lowest BCUT2D eigenvalue weighted by Crippen LogP contribution is -2.18. The molecule has 0 aliphatic carbocycles. The summed E-state index contributed by atoms with van der Waals surface area (Å²) < 4.78 is 48.6. The van der Waals surface area contributed by atoms with Gasteiger partial charge >= 0.3 is 6.18 Å². The zero-order valence-corrected chi connectivity index (χ0v) is 11.0. The highest BCUT2D eigenvalue weighted by molar-refractivity contribution is 5.83. The van der Waals surface area contributed by atoms with Crippen molar-refractivity contribution in [2.75, 3.05) is 14.2 Å². The Balaban J connectivity index is 2.88. The average Bonchev–Trinajstić information content (AvgIpc) is 2.40. The van der Waals surface area contributed by atoms with Crippen molar-refractivity contribution in [3.63, 3.8) is 0 Å². The Labute approximate surface area is 112 Å². The first-order valence-corrected chi connectivity index (χ1v) is 5.65. The van der Waals surface area contributed by atoms with E-state index in [1.165, 1.54) is 26.4 Å². The molecule has 0 radical (unpaired) electrons. The molecule has 0 aliphatic rings. The van der Waals surface area contributed by atoms with E-state index in [-0.39, 0.29) is 28.0 Å². The number of hydrogen-bond acceptors (Lipinski definition) is 3. The van der Waals surface area contributed by atoms with Gasteiger partial charge in [0.05, 0.1) is 19.7 Å². The molecule has 0 bridgehead atoms. The van der Waals surface area contributed by atoms with Gasteiger partial charge in [0.25, 0.3) is 0 Å². The van der Waals surface area contributed by atoms with E-state index < -0.39 is 17.3 Å². The van der Waals surface area contributed by atoms with Crippen LogP contribution in [0.3, 0.4) is 0 Å². The summed E-state index contributed by atoms with van der Waals surface area (Å²) in [6, 6.07) is 2.67. The molecule has 20 heavy (non-hydrogen) atoms. The molecule has 0 fully saturated rings. The molecule has 0 saturated heterocycles. The van der Waals surface area contributed by atoms with Crippen LogP contribution in [-0.2, 0) is 6.18 Å². The van der Waals surface area contributed by atoms with Crippen LogP contribution < -0.4 is 14.9 Å². The standard InChI is InChI=1S/C13H12F3NO3/c1-6-11(18)7-4-9(19-2)10(20-3)5-8(7)17-12(6)13(14,15)16/h4-5H,1-3H3,(H,17,18). The summed E-state index contributed by atoms with van der Waals surface area (Å²) in [6.07, 6.45) is -4.62. The van der Waals surface area contributed by atoms with Crippen LogP contribution in [0.2, 0.25) is 0 Å².